The Bertz CT molecular complexity index is 1660. The molecule has 0 saturated heterocycles. The summed E-state index contributed by atoms with van der Waals surface area (Å²) in [4.78, 5) is 13.1. The Morgan fingerprint density at radius 3 is 2.33 bits per heavy atom. The minimum absolute atomic E-state index is 0.0537. The van der Waals surface area contributed by atoms with Crippen LogP contribution in [0.4, 0.5) is 5.88 Å². The summed E-state index contributed by atoms with van der Waals surface area (Å²) in [5.74, 6) is 1.78. The second kappa shape index (κ2) is 12.4. The Hall–Kier alpha value is -4.81. The molecule has 3 aromatic carbocycles. The number of rotatable bonds is 10. The van der Waals surface area contributed by atoms with Gasteiger partial charge in [-0.25, -0.2) is 0 Å². The fourth-order valence-electron chi connectivity index (χ4n) is 4.40. The van der Waals surface area contributed by atoms with Crippen molar-refractivity contribution in [2.45, 2.75) is 25.5 Å². The van der Waals surface area contributed by atoms with Crippen LogP contribution in [0.15, 0.2) is 94.5 Å². The molecule has 9 heteroatoms. The van der Waals surface area contributed by atoms with Gasteiger partial charge in [-0.15, -0.1) is 10.2 Å². The van der Waals surface area contributed by atoms with Crippen molar-refractivity contribution in [2.24, 2.45) is 0 Å². The summed E-state index contributed by atoms with van der Waals surface area (Å²) in [5.41, 5.74) is 3.39. The van der Waals surface area contributed by atoms with Crippen molar-refractivity contribution in [3.8, 4) is 45.7 Å². The zero-order valence-electron chi connectivity index (χ0n) is 22.1. The predicted molar refractivity (Wildman–Crippen MR) is 156 cm³/mol. The smallest absolute Gasteiger partial charge is 0.237 e. The Morgan fingerprint density at radius 2 is 1.65 bits per heavy atom. The number of anilines is 1. The van der Waals surface area contributed by atoms with Gasteiger partial charge >= 0.3 is 0 Å². The topological polar surface area (TPSA) is 106 Å². The molecule has 2 heterocycles. The van der Waals surface area contributed by atoms with Crippen molar-refractivity contribution >= 4 is 23.6 Å². The average molecular weight is 550 g/mol. The summed E-state index contributed by atoms with van der Waals surface area (Å²) >= 11 is 1.26. The molecule has 0 saturated carbocycles. The van der Waals surface area contributed by atoms with E-state index in [9.17, 15) is 10.1 Å². The van der Waals surface area contributed by atoms with Gasteiger partial charge in [-0.05, 0) is 31.5 Å². The van der Waals surface area contributed by atoms with Crippen LogP contribution in [-0.2, 0) is 11.3 Å². The van der Waals surface area contributed by atoms with E-state index in [2.05, 4.69) is 21.6 Å². The van der Waals surface area contributed by atoms with Gasteiger partial charge < -0.3 is 13.7 Å². The van der Waals surface area contributed by atoms with E-state index >= 15 is 0 Å². The number of nitrogens with zero attached hydrogens (tertiary/aromatic N) is 4. The van der Waals surface area contributed by atoms with Crippen molar-refractivity contribution in [1.82, 2.24) is 14.8 Å². The van der Waals surface area contributed by atoms with Crippen LogP contribution >= 0.6 is 11.8 Å². The van der Waals surface area contributed by atoms with Crippen molar-refractivity contribution in [3.63, 3.8) is 0 Å². The molecule has 2 aromatic heterocycles. The van der Waals surface area contributed by atoms with E-state index in [0.717, 1.165) is 22.4 Å². The maximum absolute atomic E-state index is 13.1. The Kier molecular flexibility index (Phi) is 8.28. The Morgan fingerprint density at radius 1 is 0.975 bits per heavy atom. The zero-order chi connectivity index (χ0) is 27.9. The van der Waals surface area contributed by atoms with Crippen LogP contribution in [0, 0.1) is 11.3 Å². The molecule has 40 heavy (non-hydrogen) atoms. The highest BCUT2D eigenvalue weighted by molar-refractivity contribution is 7.99. The van der Waals surface area contributed by atoms with Gasteiger partial charge in [0.1, 0.15) is 23.1 Å². The molecule has 5 aromatic rings. The molecule has 0 unspecified atom stereocenters. The van der Waals surface area contributed by atoms with Gasteiger partial charge in [-0.2, -0.15) is 5.26 Å². The summed E-state index contributed by atoms with van der Waals surface area (Å²) in [6.07, 6.45) is 0. The normalized spacial score (nSPS) is 10.7. The van der Waals surface area contributed by atoms with E-state index in [0.29, 0.717) is 35.5 Å². The number of nitriles is 1. The number of hydrogen-bond donors (Lipinski definition) is 1. The zero-order valence-corrected chi connectivity index (χ0v) is 22.9. The quantitative estimate of drug-likeness (QED) is 0.189. The molecular weight excluding hydrogens is 522 g/mol. The van der Waals surface area contributed by atoms with Gasteiger partial charge in [0.05, 0.1) is 17.9 Å². The molecule has 1 N–H and O–H groups in total. The molecule has 0 radical (unpaired) electrons. The van der Waals surface area contributed by atoms with Crippen LogP contribution in [0.2, 0.25) is 0 Å². The molecule has 0 bridgehead atoms. The fourth-order valence-corrected chi connectivity index (χ4v) is 5.21. The third-order valence-electron chi connectivity index (χ3n) is 6.16. The number of furan rings is 1. The van der Waals surface area contributed by atoms with Crippen LogP contribution in [0.25, 0.3) is 33.8 Å². The molecule has 200 valence electrons. The van der Waals surface area contributed by atoms with E-state index in [-0.39, 0.29) is 23.1 Å². The first kappa shape index (κ1) is 26.8. The molecule has 0 spiro atoms. The van der Waals surface area contributed by atoms with Crippen LogP contribution in [0.3, 0.4) is 0 Å². The van der Waals surface area contributed by atoms with Gasteiger partial charge in [-0.1, -0.05) is 84.6 Å². The standard InChI is InChI=1S/C31H27N5O3S/c1-3-36-29(23-17-11-12-18-25(23)38-4-2)34-35-31(36)40-20-26(37)33-30-24(19-32)27(21-13-7-5-8-14-21)28(39-30)22-15-9-6-10-16-22/h5-18H,3-4,20H2,1-2H3,(H,33,37). The highest BCUT2D eigenvalue weighted by atomic mass is 32.2. The maximum Gasteiger partial charge on any atom is 0.237 e. The minimum Gasteiger partial charge on any atom is -0.493 e. The van der Waals surface area contributed by atoms with Crippen LogP contribution < -0.4 is 10.1 Å². The maximum atomic E-state index is 13.1. The number of aromatic nitrogens is 3. The highest BCUT2D eigenvalue weighted by Crippen LogP contribution is 2.41. The number of ether oxygens (including phenoxy) is 1. The number of carbonyl (C=O) groups excluding carboxylic acids is 1. The Labute approximate surface area is 236 Å². The lowest BCUT2D eigenvalue weighted by Gasteiger charge is -2.11. The number of thioether (sulfide) groups is 1. The summed E-state index contributed by atoms with van der Waals surface area (Å²) in [7, 11) is 0. The summed E-state index contributed by atoms with van der Waals surface area (Å²) in [6.45, 7) is 5.08. The molecular formula is C31H27N5O3S. The van der Waals surface area contributed by atoms with E-state index < -0.39 is 0 Å². The van der Waals surface area contributed by atoms with Gasteiger partial charge in [0, 0.05) is 17.7 Å². The summed E-state index contributed by atoms with van der Waals surface area (Å²) in [6, 6.07) is 29.0. The predicted octanol–water partition coefficient (Wildman–Crippen LogP) is 6.89. The number of para-hydroxylation sites is 1. The number of benzene rings is 3. The largest absolute Gasteiger partial charge is 0.493 e. The molecule has 0 atom stereocenters. The van der Waals surface area contributed by atoms with E-state index in [1.54, 1.807) is 0 Å². The summed E-state index contributed by atoms with van der Waals surface area (Å²) in [5, 5.41) is 22.2. The SMILES string of the molecule is CCOc1ccccc1-c1nnc(SCC(=O)Nc2oc(-c3ccccc3)c(-c3ccccc3)c2C#N)n1CC. The highest BCUT2D eigenvalue weighted by Gasteiger charge is 2.25. The molecule has 0 aliphatic carbocycles. The number of hydrogen-bond acceptors (Lipinski definition) is 7. The van der Waals surface area contributed by atoms with Gasteiger partial charge in [-0.3, -0.25) is 10.1 Å². The summed E-state index contributed by atoms with van der Waals surface area (Å²) < 4.78 is 13.9. The van der Waals surface area contributed by atoms with Gasteiger partial charge in [0.15, 0.2) is 11.0 Å². The molecule has 1 amide bonds. The second-order valence-corrected chi connectivity index (χ2v) is 9.61. The van der Waals surface area contributed by atoms with E-state index in [1.165, 1.54) is 11.8 Å². The first-order valence-electron chi connectivity index (χ1n) is 12.9. The van der Waals surface area contributed by atoms with Crippen molar-refractivity contribution in [2.75, 3.05) is 17.7 Å². The molecule has 0 aliphatic heterocycles. The van der Waals surface area contributed by atoms with Gasteiger partial charge in [0.2, 0.25) is 11.8 Å². The van der Waals surface area contributed by atoms with Crippen LogP contribution in [0.5, 0.6) is 5.75 Å². The monoisotopic (exact) mass is 549 g/mol. The van der Waals surface area contributed by atoms with Crippen molar-refractivity contribution in [1.29, 1.82) is 5.26 Å². The molecule has 0 aliphatic rings. The van der Waals surface area contributed by atoms with Crippen molar-refractivity contribution in [3.05, 3.63) is 90.5 Å². The average Bonchev–Trinajstić information content (AvgIpc) is 3.58. The third-order valence-corrected chi connectivity index (χ3v) is 7.13. The van der Waals surface area contributed by atoms with Crippen LogP contribution in [-0.4, -0.2) is 33.0 Å². The lowest BCUT2D eigenvalue weighted by atomic mass is 9.98. The molecule has 8 nitrogen and oxygen atoms in total. The molecule has 5 rings (SSSR count). The van der Waals surface area contributed by atoms with Gasteiger partial charge in [0.25, 0.3) is 0 Å². The van der Waals surface area contributed by atoms with Crippen molar-refractivity contribution < 1.29 is 13.9 Å². The minimum atomic E-state index is -0.323. The molecule has 0 fully saturated rings. The van der Waals surface area contributed by atoms with Crippen LogP contribution in [0.1, 0.15) is 19.4 Å². The first-order chi connectivity index (χ1) is 19.6. The first-order valence-corrected chi connectivity index (χ1v) is 13.9. The third kappa shape index (κ3) is 5.48. The lowest BCUT2D eigenvalue weighted by Crippen LogP contribution is -2.15. The Balaban J connectivity index is 1.39. The number of nitrogens with one attached hydrogen (secondary N) is 1. The lowest BCUT2D eigenvalue weighted by molar-refractivity contribution is -0.113. The number of amides is 1. The second-order valence-electron chi connectivity index (χ2n) is 8.67. The van der Waals surface area contributed by atoms with E-state index in [1.807, 2.05) is 103 Å². The number of carbonyl (C=O) groups is 1. The fraction of sp³-hybridized carbons (Fsp3) is 0.161. The van der Waals surface area contributed by atoms with E-state index in [4.69, 9.17) is 9.15 Å².